The van der Waals surface area contributed by atoms with Crippen LogP contribution >= 0.6 is 0 Å². The summed E-state index contributed by atoms with van der Waals surface area (Å²) >= 11 is 0. The molecule has 0 N–H and O–H groups in total. The van der Waals surface area contributed by atoms with Gasteiger partial charge in [-0.15, -0.1) is 0 Å². The normalized spacial score (nSPS) is 26.6. The zero-order chi connectivity index (χ0) is 17.7. The SMILES string of the molecule is Cc1cc(=O)oc2c(C)c3c(cc12)CC(CN1C(C)COCC1C)O3. The fourth-order valence-electron chi connectivity index (χ4n) is 4.16. The monoisotopic (exact) mass is 343 g/mol. The first-order valence-electron chi connectivity index (χ1n) is 9.01. The Morgan fingerprint density at radius 1 is 1.16 bits per heavy atom. The molecule has 5 nitrogen and oxygen atoms in total. The maximum absolute atomic E-state index is 11.7. The van der Waals surface area contributed by atoms with Gasteiger partial charge in [0.2, 0.25) is 0 Å². The Bertz CT molecular complexity index is 862. The van der Waals surface area contributed by atoms with Crippen molar-refractivity contribution in [2.75, 3.05) is 19.8 Å². The molecule has 0 aliphatic carbocycles. The molecule has 0 amide bonds. The molecule has 3 heterocycles. The minimum absolute atomic E-state index is 0.126. The van der Waals surface area contributed by atoms with Gasteiger partial charge in [-0.3, -0.25) is 4.90 Å². The van der Waals surface area contributed by atoms with Crippen molar-refractivity contribution in [2.45, 2.75) is 52.3 Å². The third kappa shape index (κ3) is 2.85. The third-order valence-corrected chi connectivity index (χ3v) is 5.49. The molecule has 5 heteroatoms. The predicted molar refractivity (Wildman–Crippen MR) is 96.5 cm³/mol. The standard InChI is InChI=1S/C20H25NO4/c1-11-5-18(22)25-20-14(4)19-15(7-17(11)20)6-16(24-19)8-21-12(2)9-23-10-13(21)3/h5,7,12-13,16H,6,8-10H2,1-4H3. The molecule has 3 unspecified atom stereocenters. The van der Waals surface area contributed by atoms with Crippen LogP contribution in [-0.2, 0) is 11.2 Å². The average molecular weight is 343 g/mol. The molecule has 1 aromatic carbocycles. The number of hydrogen-bond acceptors (Lipinski definition) is 5. The Hall–Kier alpha value is -1.85. The molecule has 0 saturated carbocycles. The molecule has 25 heavy (non-hydrogen) atoms. The second-order valence-electron chi connectivity index (χ2n) is 7.49. The summed E-state index contributed by atoms with van der Waals surface area (Å²) < 4.78 is 17.4. The molecule has 2 aliphatic rings. The summed E-state index contributed by atoms with van der Waals surface area (Å²) in [5, 5.41) is 1.01. The van der Waals surface area contributed by atoms with Crippen molar-refractivity contribution < 1.29 is 13.9 Å². The summed E-state index contributed by atoms with van der Waals surface area (Å²) in [6, 6.07) is 4.48. The first-order chi connectivity index (χ1) is 11.9. The van der Waals surface area contributed by atoms with Crippen LogP contribution in [0.3, 0.4) is 0 Å². The van der Waals surface area contributed by atoms with Crippen LogP contribution in [0.2, 0.25) is 0 Å². The fraction of sp³-hybridized carbons (Fsp3) is 0.550. The molecule has 3 atom stereocenters. The maximum Gasteiger partial charge on any atom is 0.336 e. The Labute approximate surface area is 147 Å². The van der Waals surface area contributed by atoms with E-state index in [4.69, 9.17) is 13.9 Å². The maximum atomic E-state index is 11.7. The Kier molecular flexibility index (Phi) is 4.08. The third-order valence-electron chi connectivity index (χ3n) is 5.49. The van der Waals surface area contributed by atoms with E-state index in [1.54, 1.807) is 6.07 Å². The molecule has 134 valence electrons. The van der Waals surface area contributed by atoms with Crippen LogP contribution in [0.5, 0.6) is 5.75 Å². The van der Waals surface area contributed by atoms with E-state index in [2.05, 4.69) is 24.8 Å². The van der Waals surface area contributed by atoms with Gasteiger partial charge in [0, 0.05) is 42.1 Å². The number of aryl methyl sites for hydroxylation is 2. The number of nitrogens with zero attached hydrogens (tertiary/aromatic N) is 1. The first-order valence-corrected chi connectivity index (χ1v) is 9.01. The van der Waals surface area contributed by atoms with Crippen molar-refractivity contribution in [2.24, 2.45) is 0 Å². The molecule has 1 fully saturated rings. The highest BCUT2D eigenvalue weighted by molar-refractivity contribution is 5.86. The van der Waals surface area contributed by atoms with Gasteiger partial charge in [-0.1, -0.05) is 0 Å². The molecule has 0 radical (unpaired) electrons. The smallest absolute Gasteiger partial charge is 0.336 e. The van der Waals surface area contributed by atoms with E-state index in [1.165, 1.54) is 5.56 Å². The fourth-order valence-corrected chi connectivity index (χ4v) is 4.16. The van der Waals surface area contributed by atoms with E-state index in [-0.39, 0.29) is 11.7 Å². The molecule has 1 aromatic heterocycles. The first kappa shape index (κ1) is 16.6. The number of rotatable bonds is 2. The minimum Gasteiger partial charge on any atom is -0.488 e. The summed E-state index contributed by atoms with van der Waals surface area (Å²) in [5.74, 6) is 0.889. The van der Waals surface area contributed by atoms with Crippen molar-refractivity contribution in [3.05, 3.63) is 39.2 Å². The zero-order valence-corrected chi connectivity index (χ0v) is 15.3. The summed E-state index contributed by atoms with van der Waals surface area (Å²) in [4.78, 5) is 14.2. The van der Waals surface area contributed by atoms with Crippen molar-refractivity contribution in [1.29, 1.82) is 0 Å². The topological polar surface area (TPSA) is 51.9 Å². The van der Waals surface area contributed by atoms with Crippen LogP contribution in [-0.4, -0.2) is 42.8 Å². The van der Waals surface area contributed by atoms with E-state index in [9.17, 15) is 4.79 Å². The summed E-state index contributed by atoms with van der Waals surface area (Å²) in [7, 11) is 0. The van der Waals surface area contributed by atoms with Crippen molar-refractivity contribution in [3.63, 3.8) is 0 Å². The molecule has 0 bridgehead atoms. The number of fused-ring (bicyclic) bond motifs is 2. The largest absolute Gasteiger partial charge is 0.488 e. The highest BCUT2D eigenvalue weighted by Gasteiger charge is 2.33. The van der Waals surface area contributed by atoms with Crippen LogP contribution in [0.25, 0.3) is 11.0 Å². The van der Waals surface area contributed by atoms with E-state index >= 15 is 0 Å². The number of morpholine rings is 1. The van der Waals surface area contributed by atoms with Gasteiger partial charge < -0.3 is 13.9 Å². The molecule has 2 aromatic rings. The summed E-state index contributed by atoms with van der Waals surface area (Å²) in [6.45, 7) is 10.8. The lowest BCUT2D eigenvalue weighted by Gasteiger charge is -2.39. The van der Waals surface area contributed by atoms with Crippen molar-refractivity contribution in [3.8, 4) is 5.75 Å². The van der Waals surface area contributed by atoms with Gasteiger partial charge in [-0.2, -0.15) is 0 Å². The molecular weight excluding hydrogens is 318 g/mol. The Morgan fingerprint density at radius 2 is 1.88 bits per heavy atom. The van der Waals surface area contributed by atoms with Crippen molar-refractivity contribution >= 4 is 11.0 Å². The van der Waals surface area contributed by atoms with Crippen LogP contribution in [0.4, 0.5) is 0 Å². The van der Waals surface area contributed by atoms with E-state index in [0.717, 1.165) is 48.4 Å². The highest BCUT2D eigenvalue weighted by Crippen LogP contribution is 2.38. The number of hydrogen-bond donors (Lipinski definition) is 0. The molecule has 0 spiro atoms. The highest BCUT2D eigenvalue weighted by atomic mass is 16.5. The number of benzene rings is 1. The van der Waals surface area contributed by atoms with Crippen LogP contribution in [0, 0.1) is 13.8 Å². The second-order valence-corrected chi connectivity index (χ2v) is 7.49. The summed E-state index contributed by atoms with van der Waals surface area (Å²) in [5.41, 5.74) is 3.44. The van der Waals surface area contributed by atoms with Gasteiger partial charge in [0.25, 0.3) is 0 Å². The lowest BCUT2D eigenvalue weighted by molar-refractivity contribution is -0.0484. The molecule has 1 saturated heterocycles. The van der Waals surface area contributed by atoms with Crippen LogP contribution < -0.4 is 10.4 Å². The van der Waals surface area contributed by atoms with Crippen LogP contribution in [0.1, 0.15) is 30.5 Å². The molecule has 4 rings (SSSR count). The lowest BCUT2D eigenvalue weighted by atomic mass is 10.0. The number of ether oxygens (including phenoxy) is 2. The average Bonchev–Trinajstić information content (AvgIpc) is 2.96. The predicted octanol–water partition coefficient (Wildman–Crippen LogP) is 2.82. The van der Waals surface area contributed by atoms with E-state index in [0.29, 0.717) is 17.7 Å². The lowest BCUT2D eigenvalue weighted by Crippen LogP contribution is -2.52. The van der Waals surface area contributed by atoms with Gasteiger partial charge in [0.05, 0.1) is 13.2 Å². The molecule has 2 aliphatic heterocycles. The Morgan fingerprint density at radius 3 is 2.60 bits per heavy atom. The minimum atomic E-state index is -0.307. The second kappa shape index (κ2) is 6.15. The summed E-state index contributed by atoms with van der Waals surface area (Å²) in [6.07, 6.45) is 1.02. The Balaban J connectivity index is 1.64. The van der Waals surface area contributed by atoms with Crippen LogP contribution in [0.15, 0.2) is 21.3 Å². The van der Waals surface area contributed by atoms with Gasteiger partial charge >= 0.3 is 5.63 Å². The zero-order valence-electron chi connectivity index (χ0n) is 15.3. The van der Waals surface area contributed by atoms with E-state index < -0.39 is 0 Å². The van der Waals surface area contributed by atoms with Gasteiger partial charge in [0.1, 0.15) is 17.4 Å². The quantitative estimate of drug-likeness (QED) is 0.785. The van der Waals surface area contributed by atoms with E-state index in [1.807, 2.05) is 13.8 Å². The van der Waals surface area contributed by atoms with Gasteiger partial charge in [-0.05, 0) is 44.9 Å². The van der Waals surface area contributed by atoms with Crippen molar-refractivity contribution in [1.82, 2.24) is 4.90 Å². The van der Waals surface area contributed by atoms with Gasteiger partial charge in [0.15, 0.2) is 0 Å². The molecular formula is C20H25NO4. The van der Waals surface area contributed by atoms with Gasteiger partial charge in [-0.25, -0.2) is 4.79 Å².